The van der Waals surface area contributed by atoms with E-state index in [9.17, 15) is 9.59 Å². The third-order valence-corrected chi connectivity index (χ3v) is 2.40. The maximum Gasteiger partial charge on any atom is 0.248 e. The molecule has 1 aliphatic heterocycles. The molecule has 1 fully saturated rings. The van der Waals surface area contributed by atoms with Crippen molar-refractivity contribution < 1.29 is 9.59 Å². The van der Waals surface area contributed by atoms with Crippen LogP contribution in [-0.4, -0.2) is 34.8 Å². The highest BCUT2D eigenvalue weighted by Crippen LogP contribution is 2.17. The Morgan fingerprint density at radius 2 is 2.14 bits per heavy atom. The zero-order valence-corrected chi connectivity index (χ0v) is 8.83. The molecule has 1 unspecified atom stereocenters. The summed E-state index contributed by atoms with van der Waals surface area (Å²) in [5.74, 6) is -0.180. The van der Waals surface area contributed by atoms with E-state index >= 15 is 0 Å². The number of piperazine rings is 1. The predicted octanol–water partition coefficient (Wildman–Crippen LogP) is 0.298. The Bertz CT molecular complexity index is 284. The topological polar surface area (TPSA) is 49.4 Å². The van der Waals surface area contributed by atoms with Gasteiger partial charge in [-0.2, -0.15) is 0 Å². The van der Waals surface area contributed by atoms with Crippen LogP contribution in [0.5, 0.6) is 0 Å². The van der Waals surface area contributed by atoms with Gasteiger partial charge in [0, 0.05) is 6.54 Å². The van der Waals surface area contributed by atoms with Crippen LogP contribution in [0.15, 0.2) is 12.7 Å². The molecule has 1 N–H and O–H groups in total. The number of hydrogen-bond donors (Lipinski definition) is 1. The standard InChI is InChI=1S/C10H16N2O2/c1-5-6-12-7(2)8(13)11-10(3,4)9(12)14/h5,7H,1,6H2,2-4H3,(H,11,13). The van der Waals surface area contributed by atoms with Gasteiger partial charge in [-0.3, -0.25) is 9.59 Å². The van der Waals surface area contributed by atoms with Crippen LogP contribution in [-0.2, 0) is 9.59 Å². The number of amides is 2. The van der Waals surface area contributed by atoms with Gasteiger partial charge in [-0.25, -0.2) is 0 Å². The quantitative estimate of drug-likeness (QED) is 0.646. The van der Waals surface area contributed by atoms with Gasteiger partial charge in [0.25, 0.3) is 0 Å². The van der Waals surface area contributed by atoms with Crippen molar-refractivity contribution in [2.75, 3.05) is 6.54 Å². The molecule has 0 aliphatic carbocycles. The van der Waals surface area contributed by atoms with Crippen molar-refractivity contribution in [3.63, 3.8) is 0 Å². The fourth-order valence-corrected chi connectivity index (χ4v) is 1.52. The number of rotatable bonds is 2. The smallest absolute Gasteiger partial charge is 0.248 e. The molecule has 0 aromatic rings. The SMILES string of the molecule is C=CCN1C(=O)C(C)(C)NC(=O)C1C. The summed E-state index contributed by atoms with van der Waals surface area (Å²) in [7, 11) is 0. The van der Waals surface area contributed by atoms with Crippen LogP contribution in [0.3, 0.4) is 0 Å². The minimum absolute atomic E-state index is 0.0653. The van der Waals surface area contributed by atoms with Gasteiger partial charge >= 0.3 is 0 Å². The summed E-state index contributed by atoms with van der Waals surface area (Å²) in [6.45, 7) is 9.11. The van der Waals surface area contributed by atoms with E-state index in [1.54, 1.807) is 26.8 Å². The molecular weight excluding hydrogens is 180 g/mol. The van der Waals surface area contributed by atoms with Crippen molar-refractivity contribution >= 4 is 11.8 Å². The van der Waals surface area contributed by atoms with Gasteiger partial charge in [0.2, 0.25) is 11.8 Å². The van der Waals surface area contributed by atoms with Crippen LogP contribution in [0.25, 0.3) is 0 Å². The second-order valence-electron chi connectivity index (χ2n) is 4.04. The number of carbonyl (C=O) groups is 2. The van der Waals surface area contributed by atoms with Crippen molar-refractivity contribution in [1.29, 1.82) is 0 Å². The van der Waals surface area contributed by atoms with Gasteiger partial charge in [0.15, 0.2) is 0 Å². The Hall–Kier alpha value is -1.32. The van der Waals surface area contributed by atoms with Crippen molar-refractivity contribution in [3.05, 3.63) is 12.7 Å². The monoisotopic (exact) mass is 196 g/mol. The summed E-state index contributed by atoms with van der Waals surface area (Å²) in [5, 5.41) is 2.68. The van der Waals surface area contributed by atoms with Crippen LogP contribution >= 0.6 is 0 Å². The van der Waals surface area contributed by atoms with E-state index < -0.39 is 11.6 Å². The van der Waals surface area contributed by atoms with Crippen molar-refractivity contribution in [1.82, 2.24) is 10.2 Å². The highest BCUT2D eigenvalue weighted by molar-refractivity contribution is 5.99. The summed E-state index contributed by atoms with van der Waals surface area (Å²) in [4.78, 5) is 24.9. The maximum atomic E-state index is 11.9. The largest absolute Gasteiger partial charge is 0.340 e. The normalized spacial score (nSPS) is 25.9. The number of nitrogens with one attached hydrogen (secondary N) is 1. The molecule has 1 saturated heterocycles. The summed E-state index contributed by atoms with van der Waals surface area (Å²) < 4.78 is 0. The average Bonchev–Trinajstić information content (AvgIpc) is 2.09. The summed E-state index contributed by atoms with van der Waals surface area (Å²) in [6.07, 6.45) is 1.63. The van der Waals surface area contributed by atoms with Gasteiger partial charge in [-0.15, -0.1) is 6.58 Å². The number of nitrogens with zero attached hydrogens (tertiary/aromatic N) is 1. The zero-order valence-electron chi connectivity index (χ0n) is 8.83. The van der Waals surface area contributed by atoms with Gasteiger partial charge in [-0.1, -0.05) is 6.08 Å². The molecule has 0 aromatic carbocycles. The van der Waals surface area contributed by atoms with Crippen LogP contribution in [0, 0.1) is 0 Å². The fraction of sp³-hybridized carbons (Fsp3) is 0.600. The minimum atomic E-state index is -0.799. The van der Waals surface area contributed by atoms with Gasteiger partial charge < -0.3 is 10.2 Å². The van der Waals surface area contributed by atoms with E-state index in [0.29, 0.717) is 6.54 Å². The lowest BCUT2D eigenvalue weighted by atomic mass is 9.97. The van der Waals surface area contributed by atoms with Crippen LogP contribution < -0.4 is 5.32 Å². The molecule has 78 valence electrons. The molecule has 1 atom stereocenters. The predicted molar refractivity (Wildman–Crippen MR) is 53.6 cm³/mol. The lowest BCUT2D eigenvalue weighted by Gasteiger charge is -2.41. The fourth-order valence-electron chi connectivity index (χ4n) is 1.52. The van der Waals surface area contributed by atoms with Crippen LogP contribution in [0.4, 0.5) is 0 Å². The number of hydrogen-bond acceptors (Lipinski definition) is 2. The Morgan fingerprint density at radius 3 is 2.64 bits per heavy atom. The van der Waals surface area contributed by atoms with Gasteiger partial charge in [0.05, 0.1) is 0 Å². The first kappa shape index (κ1) is 10.8. The van der Waals surface area contributed by atoms with Crippen LogP contribution in [0.2, 0.25) is 0 Å². The second-order valence-corrected chi connectivity index (χ2v) is 4.04. The molecule has 1 aliphatic rings. The van der Waals surface area contributed by atoms with E-state index in [1.807, 2.05) is 0 Å². The zero-order chi connectivity index (χ0) is 10.9. The molecule has 4 heteroatoms. The summed E-state index contributed by atoms with van der Waals surface area (Å²) in [6, 6.07) is -0.409. The highest BCUT2D eigenvalue weighted by Gasteiger charge is 2.42. The number of carbonyl (C=O) groups excluding carboxylic acids is 2. The maximum absolute atomic E-state index is 11.9. The average molecular weight is 196 g/mol. The third-order valence-electron chi connectivity index (χ3n) is 2.40. The Morgan fingerprint density at radius 1 is 1.57 bits per heavy atom. The van der Waals surface area contributed by atoms with Crippen molar-refractivity contribution in [2.45, 2.75) is 32.4 Å². The molecule has 0 saturated carbocycles. The molecule has 0 aromatic heterocycles. The molecule has 14 heavy (non-hydrogen) atoms. The Labute approximate surface area is 84.0 Å². The first-order valence-electron chi connectivity index (χ1n) is 4.64. The molecule has 0 bridgehead atoms. The molecule has 0 spiro atoms. The Kier molecular flexibility index (Phi) is 2.64. The third kappa shape index (κ3) is 1.64. The van der Waals surface area contributed by atoms with E-state index in [0.717, 1.165) is 0 Å². The second kappa shape index (κ2) is 3.44. The summed E-state index contributed by atoms with van der Waals surface area (Å²) >= 11 is 0. The lowest BCUT2D eigenvalue weighted by molar-refractivity contribution is -0.152. The minimum Gasteiger partial charge on any atom is -0.340 e. The van der Waals surface area contributed by atoms with Crippen molar-refractivity contribution in [2.24, 2.45) is 0 Å². The van der Waals surface area contributed by atoms with Gasteiger partial charge in [-0.05, 0) is 20.8 Å². The molecule has 0 radical (unpaired) electrons. The molecule has 4 nitrogen and oxygen atoms in total. The van der Waals surface area contributed by atoms with E-state index in [2.05, 4.69) is 11.9 Å². The molecular formula is C10H16N2O2. The van der Waals surface area contributed by atoms with E-state index in [1.165, 1.54) is 4.90 Å². The van der Waals surface area contributed by atoms with E-state index in [4.69, 9.17) is 0 Å². The first-order chi connectivity index (χ1) is 6.40. The molecule has 1 heterocycles. The Balaban J connectivity index is 2.95. The van der Waals surface area contributed by atoms with E-state index in [-0.39, 0.29) is 11.8 Å². The molecule has 2 amide bonds. The van der Waals surface area contributed by atoms with Crippen molar-refractivity contribution in [3.8, 4) is 0 Å². The summed E-state index contributed by atoms with van der Waals surface area (Å²) in [5.41, 5.74) is -0.799. The first-order valence-corrected chi connectivity index (χ1v) is 4.64. The molecule has 1 rings (SSSR count). The highest BCUT2D eigenvalue weighted by atomic mass is 16.2. The lowest BCUT2D eigenvalue weighted by Crippen LogP contribution is -2.67. The van der Waals surface area contributed by atoms with Gasteiger partial charge in [0.1, 0.15) is 11.6 Å². The van der Waals surface area contributed by atoms with Crippen LogP contribution in [0.1, 0.15) is 20.8 Å².